The molecule has 0 saturated carbocycles. The first kappa shape index (κ1) is 35.9. The van der Waals surface area contributed by atoms with Gasteiger partial charge in [-0.1, -0.05) is 52.4 Å². The molecule has 0 rings (SSSR count). The van der Waals surface area contributed by atoms with Gasteiger partial charge in [-0.05, 0) is 39.5 Å². The Bertz CT molecular complexity index is 558. The van der Waals surface area contributed by atoms with Gasteiger partial charge in [-0.2, -0.15) is 0 Å². The Morgan fingerprint density at radius 3 is 1.27 bits per heavy atom. The molecular formula is C24H41NaO8. The van der Waals surface area contributed by atoms with Crippen molar-refractivity contribution < 1.29 is 69.8 Å². The maximum absolute atomic E-state index is 11.7. The normalized spacial score (nSPS) is 12.2. The molecule has 0 amide bonds. The second-order valence-corrected chi connectivity index (χ2v) is 7.54. The molecule has 8 nitrogen and oxygen atoms in total. The summed E-state index contributed by atoms with van der Waals surface area (Å²) in [5, 5.41) is 15.6. The van der Waals surface area contributed by atoms with Crippen molar-refractivity contribution in [1.29, 1.82) is 0 Å². The molecule has 0 bridgehead atoms. The van der Waals surface area contributed by atoms with Gasteiger partial charge in [0, 0.05) is 24.3 Å². The van der Waals surface area contributed by atoms with Crippen LogP contribution in [0.1, 0.15) is 93.3 Å². The average molecular weight is 481 g/mol. The monoisotopic (exact) mass is 480 g/mol. The first-order valence-corrected chi connectivity index (χ1v) is 11.4. The number of hydrogen-bond acceptors (Lipinski definition) is 6. The van der Waals surface area contributed by atoms with Crippen LogP contribution in [0, 0.1) is 0 Å². The molecule has 0 radical (unpaired) electrons. The molecule has 0 spiro atoms. The van der Waals surface area contributed by atoms with Crippen molar-refractivity contribution in [2.75, 3.05) is 0 Å². The van der Waals surface area contributed by atoms with Crippen molar-refractivity contribution in [2.24, 2.45) is 0 Å². The quantitative estimate of drug-likeness (QED) is 0.149. The largest absolute Gasteiger partial charge is 1.00 e. The topological polar surface area (TPSA) is 127 Å². The van der Waals surface area contributed by atoms with E-state index in [0.717, 1.165) is 50.7 Å². The van der Waals surface area contributed by atoms with Crippen molar-refractivity contribution >= 4 is 23.9 Å². The van der Waals surface area contributed by atoms with Crippen molar-refractivity contribution in [2.45, 2.75) is 104 Å². The molecular weight excluding hydrogens is 439 g/mol. The fourth-order valence-corrected chi connectivity index (χ4v) is 2.59. The summed E-state index contributed by atoms with van der Waals surface area (Å²) >= 11 is 0. The Morgan fingerprint density at radius 2 is 1.00 bits per heavy atom. The zero-order valence-corrected chi connectivity index (χ0v) is 22.9. The van der Waals surface area contributed by atoms with Gasteiger partial charge in [-0.3, -0.25) is 0 Å². The van der Waals surface area contributed by atoms with E-state index in [9.17, 15) is 19.2 Å². The number of unbranched alkanes of at least 4 members (excludes halogenated alkanes) is 6. The Morgan fingerprint density at radius 1 is 0.667 bits per heavy atom. The summed E-state index contributed by atoms with van der Waals surface area (Å²) in [7, 11) is 0. The number of hydrogen-bond donors (Lipinski definition) is 2. The average Bonchev–Trinajstić information content (AvgIpc) is 2.72. The van der Waals surface area contributed by atoms with E-state index >= 15 is 0 Å². The second kappa shape index (κ2) is 25.0. The molecule has 0 heterocycles. The molecule has 0 aromatic rings. The van der Waals surface area contributed by atoms with Crippen LogP contribution in [0.25, 0.3) is 0 Å². The number of carbonyl (C=O) groups is 4. The SMILES string of the molecule is CCCCCCC(C)OC(=O)/C=C\C(=O)OC(C)CCCCCC.O=C(O)/C=C\C(=O)O.[H-].[Na+]. The van der Waals surface area contributed by atoms with E-state index in [4.69, 9.17) is 19.7 Å². The third-order valence-electron chi connectivity index (χ3n) is 4.29. The van der Waals surface area contributed by atoms with E-state index in [1.165, 1.54) is 25.7 Å². The van der Waals surface area contributed by atoms with E-state index in [1.54, 1.807) is 0 Å². The standard InChI is InChI=1S/C20H36O4.C4H4O4.Na.H/c1-5-7-9-11-13-17(3)23-19(21)15-16-20(22)24-18(4)14-12-10-8-6-2;5-3(6)1-2-4(7)8;;/h15-18H,5-14H2,1-4H3;1-2H,(H,5,6)(H,7,8);;/q;;+1;-1/b16-15-;2-1-;;. The molecule has 0 aliphatic carbocycles. The third-order valence-corrected chi connectivity index (χ3v) is 4.29. The van der Waals surface area contributed by atoms with E-state index in [2.05, 4.69) is 13.8 Å². The third kappa shape index (κ3) is 30.4. The van der Waals surface area contributed by atoms with Crippen LogP contribution >= 0.6 is 0 Å². The molecule has 186 valence electrons. The van der Waals surface area contributed by atoms with E-state index in [-0.39, 0.29) is 43.2 Å². The first-order valence-electron chi connectivity index (χ1n) is 11.4. The summed E-state index contributed by atoms with van der Waals surface area (Å²) in [6.45, 7) is 8.10. The number of carboxylic acid groups (broad SMARTS) is 2. The van der Waals surface area contributed by atoms with Crippen LogP contribution in [0.15, 0.2) is 24.3 Å². The minimum Gasteiger partial charge on any atom is -1.00 e. The number of carboxylic acids is 2. The maximum atomic E-state index is 11.7. The van der Waals surface area contributed by atoms with Gasteiger partial charge in [0.1, 0.15) is 0 Å². The molecule has 0 aromatic heterocycles. The Labute approximate surface area is 221 Å². The summed E-state index contributed by atoms with van der Waals surface area (Å²) in [6.07, 6.45) is 14.2. The van der Waals surface area contributed by atoms with Crippen LogP contribution in [-0.4, -0.2) is 46.3 Å². The van der Waals surface area contributed by atoms with Crippen molar-refractivity contribution in [1.82, 2.24) is 0 Å². The number of rotatable bonds is 16. The first-order chi connectivity index (χ1) is 15.1. The predicted octanol–water partition coefficient (Wildman–Crippen LogP) is 2.18. The van der Waals surface area contributed by atoms with Gasteiger partial charge in [0.25, 0.3) is 0 Å². The molecule has 0 fully saturated rings. The molecule has 33 heavy (non-hydrogen) atoms. The number of aliphatic carboxylic acids is 2. The molecule has 2 N–H and O–H groups in total. The molecule has 9 heteroatoms. The van der Waals surface area contributed by atoms with Gasteiger partial charge in [0.15, 0.2) is 0 Å². The molecule has 2 atom stereocenters. The predicted molar refractivity (Wildman–Crippen MR) is 123 cm³/mol. The fourth-order valence-electron chi connectivity index (χ4n) is 2.59. The fraction of sp³-hybridized carbons (Fsp3) is 0.667. The smallest absolute Gasteiger partial charge is 1.00 e. The molecule has 2 unspecified atom stereocenters. The Balaban J connectivity index is -0.000000385. The van der Waals surface area contributed by atoms with Crippen molar-refractivity contribution in [3.63, 3.8) is 0 Å². The molecule has 0 aliphatic rings. The minimum absolute atomic E-state index is 0. The van der Waals surface area contributed by atoms with Crippen LogP contribution in [0.5, 0.6) is 0 Å². The van der Waals surface area contributed by atoms with Crippen LogP contribution in [-0.2, 0) is 28.7 Å². The number of esters is 2. The van der Waals surface area contributed by atoms with Crippen LogP contribution in [0.3, 0.4) is 0 Å². The summed E-state index contributed by atoms with van der Waals surface area (Å²) in [5.74, 6) is -3.48. The van der Waals surface area contributed by atoms with Crippen LogP contribution in [0.2, 0.25) is 0 Å². The van der Waals surface area contributed by atoms with Gasteiger partial charge in [0.05, 0.1) is 12.2 Å². The summed E-state index contributed by atoms with van der Waals surface area (Å²) in [4.78, 5) is 42.4. The van der Waals surface area contributed by atoms with E-state index < -0.39 is 23.9 Å². The van der Waals surface area contributed by atoms with Crippen LogP contribution in [0.4, 0.5) is 0 Å². The maximum Gasteiger partial charge on any atom is 1.00 e. The van der Waals surface area contributed by atoms with E-state index in [0.29, 0.717) is 12.2 Å². The molecule has 0 aromatic carbocycles. The second-order valence-electron chi connectivity index (χ2n) is 7.54. The minimum atomic E-state index is -1.26. The number of ether oxygens (including phenoxy) is 2. The summed E-state index contributed by atoms with van der Waals surface area (Å²) < 4.78 is 10.5. The van der Waals surface area contributed by atoms with Gasteiger partial charge >= 0.3 is 53.4 Å². The zero-order valence-electron chi connectivity index (χ0n) is 21.9. The van der Waals surface area contributed by atoms with Gasteiger partial charge in [-0.25, -0.2) is 19.2 Å². The van der Waals surface area contributed by atoms with Gasteiger partial charge in [-0.15, -0.1) is 0 Å². The number of carbonyl (C=O) groups excluding carboxylic acids is 2. The van der Waals surface area contributed by atoms with Gasteiger partial charge < -0.3 is 21.1 Å². The zero-order chi connectivity index (χ0) is 24.8. The summed E-state index contributed by atoms with van der Waals surface area (Å²) in [5.41, 5.74) is 0. The molecule has 0 saturated heterocycles. The Kier molecular flexibility index (Phi) is 27.2. The summed E-state index contributed by atoms with van der Waals surface area (Å²) in [6, 6.07) is 0. The van der Waals surface area contributed by atoms with Gasteiger partial charge in [0.2, 0.25) is 0 Å². The Hall–Kier alpha value is -1.64. The van der Waals surface area contributed by atoms with Crippen molar-refractivity contribution in [3.8, 4) is 0 Å². The van der Waals surface area contributed by atoms with E-state index in [1.807, 2.05) is 13.8 Å². The van der Waals surface area contributed by atoms with Crippen molar-refractivity contribution in [3.05, 3.63) is 24.3 Å². The van der Waals surface area contributed by atoms with Crippen LogP contribution < -0.4 is 29.6 Å². The molecule has 0 aliphatic heterocycles.